The van der Waals surface area contributed by atoms with Crippen LogP contribution < -0.4 is 10.5 Å². The van der Waals surface area contributed by atoms with E-state index in [1.54, 1.807) is 24.3 Å². The summed E-state index contributed by atoms with van der Waals surface area (Å²) < 4.78 is 6.84. The molecule has 0 aliphatic carbocycles. The molecule has 8 nitrogen and oxygen atoms in total. The number of nitrogens with zero attached hydrogens (tertiary/aromatic N) is 6. The summed E-state index contributed by atoms with van der Waals surface area (Å²) in [5, 5.41) is 4.45. The Kier molecular flexibility index (Phi) is 3.13. The molecule has 2 N–H and O–H groups in total. The van der Waals surface area contributed by atoms with Crippen molar-refractivity contribution < 1.29 is 4.74 Å². The number of halogens is 1. The maximum atomic E-state index is 5.87. The largest absolute Gasteiger partial charge is 0.424 e. The molecular weight excluding hydrogens is 282 g/mol. The van der Waals surface area contributed by atoms with Gasteiger partial charge in [-0.25, -0.2) is 4.98 Å². The summed E-state index contributed by atoms with van der Waals surface area (Å²) in [6, 6.07) is 6.89. The maximum Gasteiger partial charge on any atom is 0.328 e. The zero-order chi connectivity index (χ0) is 13.9. The van der Waals surface area contributed by atoms with Crippen LogP contribution in [-0.4, -0.2) is 29.7 Å². The van der Waals surface area contributed by atoms with E-state index in [1.807, 2.05) is 0 Å². The summed E-state index contributed by atoms with van der Waals surface area (Å²) in [4.78, 5) is 15.7. The van der Waals surface area contributed by atoms with Gasteiger partial charge in [-0.2, -0.15) is 24.7 Å². The van der Waals surface area contributed by atoms with Crippen LogP contribution in [0.2, 0.25) is 5.02 Å². The highest BCUT2D eigenvalue weighted by Crippen LogP contribution is 2.22. The lowest BCUT2D eigenvalue weighted by Gasteiger charge is -2.06. The number of rotatable bonds is 3. The molecule has 0 aliphatic rings. The van der Waals surface area contributed by atoms with Gasteiger partial charge in [0.1, 0.15) is 18.4 Å². The fourth-order valence-electron chi connectivity index (χ4n) is 1.46. The second-order valence-electron chi connectivity index (χ2n) is 3.68. The summed E-state index contributed by atoms with van der Waals surface area (Å²) in [6.45, 7) is 0. The molecule has 0 saturated heterocycles. The van der Waals surface area contributed by atoms with E-state index in [0.29, 0.717) is 10.8 Å². The topological polar surface area (TPSA) is 105 Å². The molecule has 0 amide bonds. The van der Waals surface area contributed by atoms with Crippen molar-refractivity contribution in [3.05, 3.63) is 41.9 Å². The summed E-state index contributed by atoms with van der Waals surface area (Å²) in [5.41, 5.74) is 5.62. The lowest BCUT2D eigenvalue weighted by molar-refractivity contribution is 0.438. The van der Waals surface area contributed by atoms with Crippen molar-refractivity contribution in [2.45, 2.75) is 0 Å². The van der Waals surface area contributed by atoms with E-state index in [4.69, 9.17) is 22.1 Å². The Hall–Kier alpha value is -2.74. The molecule has 0 saturated carbocycles. The van der Waals surface area contributed by atoms with Crippen LogP contribution in [0, 0.1) is 0 Å². The molecule has 0 bridgehead atoms. The molecule has 20 heavy (non-hydrogen) atoms. The lowest BCUT2D eigenvalue weighted by atomic mass is 10.3. The van der Waals surface area contributed by atoms with Crippen molar-refractivity contribution in [3.63, 3.8) is 0 Å². The fourth-order valence-corrected chi connectivity index (χ4v) is 1.64. The highest BCUT2D eigenvalue weighted by atomic mass is 35.5. The van der Waals surface area contributed by atoms with Gasteiger partial charge in [0, 0.05) is 5.02 Å². The summed E-state index contributed by atoms with van der Waals surface area (Å²) in [5.74, 6) is 0.724. The molecule has 0 fully saturated rings. The van der Waals surface area contributed by atoms with Crippen LogP contribution in [0.4, 0.5) is 5.95 Å². The quantitative estimate of drug-likeness (QED) is 0.778. The van der Waals surface area contributed by atoms with Gasteiger partial charge in [0.2, 0.25) is 5.95 Å². The number of hydrogen-bond acceptors (Lipinski definition) is 7. The number of benzene rings is 1. The van der Waals surface area contributed by atoms with Crippen molar-refractivity contribution in [2.24, 2.45) is 0 Å². The van der Waals surface area contributed by atoms with E-state index in [1.165, 1.54) is 17.3 Å². The Morgan fingerprint density at radius 3 is 2.85 bits per heavy atom. The van der Waals surface area contributed by atoms with Crippen molar-refractivity contribution in [1.82, 2.24) is 29.7 Å². The third-order valence-corrected chi connectivity index (χ3v) is 2.48. The van der Waals surface area contributed by atoms with Crippen LogP contribution in [0.15, 0.2) is 36.9 Å². The lowest BCUT2D eigenvalue weighted by Crippen LogP contribution is -2.07. The minimum absolute atomic E-state index is 0.0162. The van der Waals surface area contributed by atoms with Gasteiger partial charge in [0.15, 0.2) is 0 Å². The van der Waals surface area contributed by atoms with E-state index in [0.717, 1.165) is 0 Å². The molecule has 0 radical (unpaired) electrons. The van der Waals surface area contributed by atoms with Crippen molar-refractivity contribution >= 4 is 17.5 Å². The first kappa shape index (κ1) is 12.3. The summed E-state index contributed by atoms with van der Waals surface area (Å²) in [7, 11) is 0. The smallest absolute Gasteiger partial charge is 0.328 e. The Bertz CT molecular complexity index is 731. The van der Waals surface area contributed by atoms with E-state index in [2.05, 4.69) is 25.0 Å². The molecule has 0 spiro atoms. The van der Waals surface area contributed by atoms with Crippen LogP contribution in [-0.2, 0) is 0 Å². The third kappa shape index (κ3) is 2.64. The second kappa shape index (κ2) is 5.10. The molecule has 100 valence electrons. The summed E-state index contributed by atoms with van der Waals surface area (Å²) in [6.07, 6.45) is 2.80. The van der Waals surface area contributed by atoms with Gasteiger partial charge >= 0.3 is 6.01 Å². The average Bonchev–Trinajstić information content (AvgIpc) is 2.91. The molecule has 3 rings (SSSR count). The molecule has 0 unspecified atom stereocenters. The fraction of sp³-hybridized carbons (Fsp3) is 0. The molecule has 9 heteroatoms. The highest BCUT2D eigenvalue weighted by molar-refractivity contribution is 6.30. The molecular formula is C11H8ClN7O. The van der Waals surface area contributed by atoms with Crippen LogP contribution in [0.1, 0.15) is 0 Å². The van der Waals surface area contributed by atoms with Gasteiger partial charge in [-0.15, -0.1) is 0 Å². The Morgan fingerprint density at radius 1 is 1.20 bits per heavy atom. The average molecular weight is 290 g/mol. The van der Waals surface area contributed by atoms with Gasteiger partial charge in [0.25, 0.3) is 5.95 Å². The van der Waals surface area contributed by atoms with Crippen LogP contribution in [0.5, 0.6) is 11.8 Å². The van der Waals surface area contributed by atoms with Crippen molar-refractivity contribution in [2.75, 3.05) is 5.73 Å². The van der Waals surface area contributed by atoms with Gasteiger partial charge in [-0.05, 0) is 18.2 Å². The molecule has 2 aromatic heterocycles. The molecule has 0 aliphatic heterocycles. The van der Waals surface area contributed by atoms with E-state index in [-0.39, 0.29) is 17.9 Å². The standard InChI is InChI=1S/C11H8ClN7O/c12-7-2-1-3-8(4-7)20-11-17-9(13)16-10(18-11)19-6-14-5-15-19/h1-6H,(H2,13,16,17,18). The first-order valence-electron chi connectivity index (χ1n) is 5.51. The predicted molar refractivity (Wildman–Crippen MR) is 70.7 cm³/mol. The number of nitrogens with two attached hydrogens (primary N) is 1. The van der Waals surface area contributed by atoms with Crippen LogP contribution in [0.25, 0.3) is 5.95 Å². The van der Waals surface area contributed by atoms with Crippen LogP contribution in [0.3, 0.4) is 0 Å². The molecule has 0 atom stereocenters. The van der Waals surface area contributed by atoms with Gasteiger partial charge in [-0.3, -0.25) is 0 Å². The first-order chi connectivity index (χ1) is 9.70. The SMILES string of the molecule is Nc1nc(Oc2cccc(Cl)c2)nc(-n2cncn2)n1. The zero-order valence-corrected chi connectivity index (χ0v) is 10.8. The molecule has 1 aromatic carbocycles. The minimum Gasteiger partial charge on any atom is -0.424 e. The Balaban J connectivity index is 1.94. The monoisotopic (exact) mass is 289 g/mol. The Labute approximate surface area is 118 Å². The van der Waals surface area contributed by atoms with Gasteiger partial charge in [0.05, 0.1) is 0 Å². The number of hydrogen-bond donors (Lipinski definition) is 1. The highest BCUT2D eigenvalue weighted by Gasteiger charge is 2.09. The Morgan fingerprint density at radius 2 is 2.10 bits per heavy atom. The second-order valence-corrected chi connectivity index (χ2v) is 4.11. The zero-order valence-electron chi connectivity index (χ0n) is 10.0. The maximum absolute atomic E-state index is 5.87. The number of aromatic nitrogens is 6. The molecule has 2 heterocycles. The number of anilines is 1. The van der Waals surface area contributed by atoms with E-state index >= 15 is 0 Å². The predicted octanol–water partition coefficient (Wildman–Crippen LogP) is 1.48. The third-order valence-electron chi connectivity index (χ3n) is 2.25. The number of nitrogen functional groups attached to an aromatic ring is 1. The minimum atomic E-state index is 0.0162. The molecule has 3 aromatic rings. The summed E-state index contributed by atoms with van der Waals surface area (Å²) >= 11 is 5.87. The van der Waals surface area contributed by atoms with Crippen LogP contribution >= 0.6 is 11.6 Å². The normalized spacial score (nSPS) is 10.4. The van der Waals surface area contributed by atoms with Crippen molar-refractivity contribution in [3.8, 4) is 17.7 Å². The number of ether oxygens (including phenoxy) is 1. The van der Waals surface area contributed by atoms with Gasteiger partial charge < -0.3 is 10.5 Å². The van der Waals surface area contributed by atoms with Crippen molar-refractivity contribution in [1.29, 1.82) is 0 Å². The van der Waals surface area contributed by atoms with E-state index < -0.39 is 0 Å². The first-order valence-corrected chi connectivity index (χ1v) is 5.88. The van der Waals surface area contributed by atoms with E-state index in [9.17, 15) is 0 Å². The van der Waals surface area contributed by atoms with Gasteiger partial charge in [-0.1, -0.05) is 17.7 Å².